The summed E-state index contributed by atoms with van der Waals surface area (Å²) in [4.78, 5) is 12.9. The molecule has 3 aromatic rings. The van der Waals surface area contributed by atoms with Crippen molar-refractivity contribution in [3.05, 3.63) is 86.5 Å². The minimum absolute atomic E-state index is 0.201. The second-order valence-electron chi connectivity index (χ2n) is 5.73. The maximum Gasteiger partial charge on any atom is 0.344 e. The molecule has 0 radical (unpaired) electrons. The topological polar surface area (TPSA) is 35.5 Å². The van der Waals surface area contributed by atoms with Gasteiger partial charge < -0.3 is 9.47 Å². The van der Waals surface area contributed by atoms with Gasteiger partial charge in [0.05, 0.1) is 23.5 Å². The smallest absolute Gasteiger partial charge is 0.344 e. The number of carbonyl (C=O) groups is 1. The maximum atomic E-state index is 12.9. The minimum Gasteiger partial charge on any atom is -0.487 e. The van der Waals surface area contributed by atoms with Crippen molar-refractivity contribution in [1.29, 1.82) is 0 Å². The van der Waals surface area contributed by atoms with Gasteiger partial charge >= 0.3 is 5.97 Å². The maximum absolute atomic E-state index is 12.9. The summed E-state index contributed by atoms with van der Waals surface area (Å²) in [7, 11) is 0. The number of hydrogen-bond donors (Lipinski definition) is 0. The first-order valence-corrected chi connectivity index (χ1v) is 12.7. The molecule has 3 aromatic carbocycles. The molecular weight excluding hydrogens is 768 g/mol. The Balaban J connectivity index is 1.83. The molecule has 9 heteroatoms. The van der Waals surface area contributed by atoms with Crippen LogP contribution in [0.3, 0.4) is 0 Å². The van der Waals surface area contributed by atoms with Crippen LogP contribution in [0, 0.1) is 0 Å². The Kier molecular flexibility index (Phi) is 8.43. The SMILES string of the molecule is O=C(Oc1c(Br)cc(Br)cc1Br)c1ccccc1COc1c(Br)cc(Br)cc1Br. The van der Waals surface area contributed by atoms with Gasteiger partial charge in [0, 0.05) is 14.5 Å². The fraction of sp³-hybridized carbons (Fsp3) is 0.0500. The number of benzene rings is 3. The zero-order valence-corrected chi connectivity index (χ0v) is 23.8. The molecule has 0 aliphatic carbocycles. The molecule has 150 valence electrons. The van der Waals surface area contributed by atoms with E-state index < -0.39 is 5.97 Å². The molecule has 0 unspecified atom stereocenters. The van der Waals surface area contributed by atoms with Crippen LogP contribution in [0.25, 0.3) is 0 Å². The lowest BCUT2D eigenvalue weighted by Gasteiger charge is -2.14. The Hall–Kier alpha value is -0.190. The van der Waals surface area contributed by atoms with Gasteiger partial charge in [-0.05, 0) is 94.1 Å². The van der Waals surface area contributed by atoms with Gasteiger partial charge in [-0.2, -0.15) is 0 Å². The van der Waals surface area contributed by atoms with Crippen LogP contribution in [0.15, 0.2) is 75.4 Å². The third kappa shape index (κ3) is 5.95. The summed E-state index contributed by atoms with van der Waals surface area (Å²) in [6, 6.07) is 14.6. The fourth-order valence-electron chi connectivity index (χ4n) is 2.44. The summed E-state index contributed by atoms with van der Waals surface area (Å²) in [6.07, 6.45) is 0. The van der Waals surface area contributed by atoms with E-state index in [0.717, 1.165) is 17.9 Å². The van der Waals surface area contributed by atoms with Crippen molar-refractivity contribution in [3.8, 4) is 11.5 Å². The van der Waals surface area contributed by atoms with E-state index >= 15 is 0 Å². The normalized spacial score (nSPS) is 10.7. The summed E-state index contributed by atoms with van der Waals surface area (Å²) in [6.45, 7) is 0.201. The Morgan fingerprint density at radius 2 is 1.21 bits per heavy atom. The van der Waals surface area contributed by atoms with Gasteiger partial charge in [0.1, 0.15) is 12.4 Å². The molecule has 0 atom stereocenters. The molecule has 0 heterocycles. The van der Waals surface area contributed by atoms with E-state index in [2.05, 4.69) is 95.6 Å². The van der Waals surface area contributed by atoms with Crippen LogP contribution in [-0.2, 0) is 6.61 Å². The predicted octanol–water partition coefficient (Wildman–Crippen LogP) is 9.06. The molecule has 29 heavy (non-hydrogen) atoms. The number of carbonyl (C=O) groups excluding carboxylic acids is 1. The number of rotatable bonds is 5. The van der Waals surface area contributed by atoms with E-state index in [4.69, 9.17) is 9.47 Å². The summed E-state index contributed by atoms with van der Waals surface area (Å²) >= 11 is 20.7. The third-order valence-corrected chi connectivity index (χ3v) is 7.00. The highest BCUT2D eigenvalue weighted by atomic mass is 79.9. The predicted molar refractivity (Wildman–Crippen MR) is 135 cm³/mol. The highest BCUT2D eigenvalue weighted by molar-refractivity contribution is 9.12. The largest absolute Gasteiger partial charge is 0.487 e. The molecule has 0 aliphatic rings. The summed E-state index contributed by atoms with van der Waals surface area (Å²) in [5, 5.41) is 0. The summed E-state index contributed by atoms with van der Waals surface area (Å²) < 4.78 is 16.3. The molecule has 0 fully saturated rings. The van der Waals surface area contributed by atoms with E-state index in [1.807, 2.05) is 36.4 Å². The van der Waals surface area contributed by atoms with Gasteiger partial charge in [-0.1, -0.05) is 50.1 Å². The molecular formula is C20H10Br6O3. The standard InChI is InChI=1S/C20H10Br6O3/c21-11-5-14(23)18(15(24)6-11)28-9-10-3-1-2-4-13(10)20(27)29-19-16(25)7-12(22)8-17(19)26/h1-8H,9H2. The third-order valence-electron chi connectivity index (χ3n) is 3.73. The Labute approximate surface area is 218 Å². The second-order valence-corrected chi connectivity index (χ2v) is 11.0. The van der Waals surface area contributed by atoms with Crippen LogP contribution in [0.4, 0.5) is 0 Å². The summed E-state index contributed by atoms with van der Waals surface area (Å²) in [5.74, 6) is 0.587. The van der Waals surface area contributed by atoms with Crippen LogP contribution >= 0.6 is 95.6 Å². The zero-order chi connectivity index (χ0) is 21.1. The molecule has 3 rings (SSSR count). The lowest BCUT2D eigenvalue weighted by atomic mass is 10.1. The molecule has 0 aromatic heterocycles. The zero-order valence-electron chi connectivity index (χ0n) is 14.3. The van der Waals surface area contributed by atoms with Crippen molar-refractivity contribution in [2.45, 2.75) is 6.61 Å². The highest BCUT2D eigenvalue weighted by Gasteiger charge is 2.18. The molecule has 0 bridgehead atoms. The van der Waals surface area contributed by atoms with E-state index in [0.29, 0.717) is 31.6 Å². The highest BCUT2D eigenvalue weighted by Crippen LogP contribution is 2.38. The molecule has 0 amide bonds. The van der Waals surface area contributed by atoms with Gasteiger partial charge in [0.2, 0.25) is 0 Å². The van der Waals surface area contributed by atoms with Crippen molar-refractivity contribution in [2.24, 2.45) is 0 Å². The Morgan fingerprint density at radius 1 is 0.724 bits per heavy atom. The van der Waals surface area contributed by atoms with E-state index in [1.54, 1.807) is 12.1 Å². The Morgan fingerprint density at radius 3 is 1.76 bits per heavy atom. The van der Waals surface area contributed by atoms with Crippen molar-refractivity contribution >= 4 is 102 Å². The van der Waals surface area contributed by atoms with Gasteiger partial charge in [-0.15, -0.1) is 0 Å². The van der Waals surface area contributed by atoms with Gasteiger partial charge in [0.25, 0.3) is 0 Å². The molecule has 0 spiro atoms. The molecule has 0 saturated carbocycles. The van der Waals surface area contributed by atoms with Crippen LogP contribution in [-0.4, -0.2) is 5.97 Å². The number of halogens is 6. The first-order valence-electron chi connectivity index (χ1n) is 7.98. The van der Waals surface area contributed by atoms with Gasteiger partial charge in [-0.3, -0.25) is 0 Å². The van der Waals surface area contributed by atoms with Crippen molar-refractivity contribution in [1.82, 2.24) is 0 Å². The van der Waals surface area contributed by atoms with E-state index in [-0.39, 0.29) is 6.61 Å². The minimum atomic E-state index is -0.471. The van der Waals surface area contributed by atoms with Crippen molar-refractivity contribution in [2.75, 3.05) is 0 Å². The number of ether oxygens (including phenoxy) is 2. The van der Waals surface area contributed by atoms with E-state index in [1.165, 1.54) is 0 Å². The van der Waals surface area contributed by atoms with Crippen LogP contribution < -0.4 is 9.47 Å². The fourth-order valence-corrected chi connectivity index (χ4v) is 7.34. The average molecular weight is 778 g/mol. The molecule has 0 aliphatic heterocycles. The van der Waals surface area contributed by atoms with Crippen LogP contribution in [0.1, 0.15) is 15.9 Å². The first kappa shape index (κ1) is 23.5. The van der Waals surface area contributed by atoms with E-state index in [9.17, 15) is 4.79 Å². The Bertz CT molecular complexity index is 1040. The molecule has 0 N–H and O–H groups in total. The van der Waals surface area contributed by atoms with Crippen LogP contribution in [0.5, 0.6) is 11.5 Å². The van der Waals surface area contributed by atoms with Crippen LogP contribution in [0.2, 0.25) is 0 Å². The van der Waals surface area contributed by atoms with Gasteiger partial charge in [-0.25, -0.2) is 4.79 Å². The first-order chi connectivity index (χ1) is 13.8. The number of esters is 1. The average Bonchev–Trinajstić information content (AvgIpc) is 2.64. The monoisotopic (exact) mass is 772 g/mol. The number of hydrogen-bond acceptors (Lipinski definition) is 3. The summed E-state index contributed by atoms with van der Waals surface area (Å²) in [5.41, 5.74) is 1.14. The van der Waals surface area contributed by atoms with Gasteiger partial charge in [0.15, 0.2) is 5.75 Å². The second kappa shape index (κ2) is 10.4. The quantitative estimate of drug-likeness (QED) is 0.192. The lowest BCUT2D eigenvalue weighted by molar-refractivity contribution is 0.0729. The van der Waals surface area contributed by atoms with Crippen molar-refractivity contribution in [3.63, 3.8) is 0 Å². The molecule has 0 saturated heterocycles. The molecule has 3 nitrogen and oxygen atoms in total. The lowest BCUT2D eigenvalue weighted by Crippen LogP contribution is -2.13. The van der Waals surface area contributed by atoms with Crippen molar-refractivity contribution < 1.29 is 14.3 Å².